The van der Waals surface area contributed by atoms with Gasteiger partial charge in [-0.1, -0.05) is 30.3 Å². The third-order valence-corrected chi connectivity index (χ3v) is 7.72. The van der Waals surface area contributed by atoms with Crippen LogP contribution in [0, 0.1) is 6.92 Å². The molecule has 2 aromatic carbocycles. The molecule has 7 heteroatoms. The standard InChI is InChI=1S/C32H29N7/c1-22-28(24-5-3-7-26(17-24)38-15-13-37(2)14-16-38)19-32-35-21-31(39(32)36-22)29-20-33-12-10-27(29)25-9-8-23-6-4-11-34-30(23)18-25/h3-12,17-21H,13-16H2,1-2H3. The van der Waals surface area contributed by atoms with Gasteiger partial charge < -0.3 is 9.80 Å². The second-order valence-corrected chi connectivity index (χ2v) is 10.2. The molecule has 192 valence electrons. The lowest BCUT2D eigenvalue weighted by molar-refractivity contribution is 0.313. The van der Waals surface area contributed by atoms with E-state index in [0.29, 0.717) is 0 Å². The Hall–Kier alpha value is -4.62. The highest BCUT2D eigenvalue weighted by molar-refractivity contribution is 5.89. The molecule has 7 nitrogen and oxygen atoms in total. The van der Waals surface area contributed by atoms with Crippen molar-refractivity contribution in [3.63, 3.8) is 0 Å². The van der Waals surface area contributed by atoms with Gasteiger partial charge in [-0.15, -0.1) is 0 Å². The molecule has 0 atom stereocenters. The zero-order chi connectivity index (χ0) is 26.3. The molecule has 1 saturated heterocycles. The minimum absolute atomic E-state index is 0.811. The number of imidazole rings is 1. The predicted molar refractivity (Wildman–Crippen MR) is 157 cm³/mol. The van der Waals surface area contributed by atoms with Crippen molar-refractivity contribution in [1.29, 1.82) is 0 Å². The van der Waals surface area contributed by atoms with Gasteiger partial charge in [0.25, 0.3) is 0 Å². The number of aromatic nitrogens is 5. The summed E-state index contributed by atoms with van der Waals surface area (Å²) < 4.78 is 1.93. The van der Waals surface area contributed by atoms with Crippen LogP contribution in [0.4, 0.5) is 5.69 Å². The van der Waals surface area contributed by atoms with Crippen molar-refractivity contribution in [2.45, 2.75) is 6.92 Å². The molecular weight excluding hydrogens is 482 g/mol. The van der Waals surface area contributed by atoms with Crippen LogP contribution in [-0.4, -0.2) is 62.7 Å². The van der Waals surface area contributed by atoms with Gasteiger partial charge in [-0.05, 0) is 67.1 Å². The first-order valence-corrected chi connectivity index (χ1v) is 13.3. The molecule has 0 radical (unpaired) electrons. The van der Waals surface area contributed by atoms with E-state index in [2.05, 4.69) is 88.3 Å². The van der Waals surface area contributed by atoms with E-state index in [4.69, 9.17) is 10.1 Å². The Balaban J connectivity index is 1.28. The lowest BCUT2D eigenvalue weighted by Gasteiger charge is -2.34. The number of hydrogen-bond donors (Lipinski definition) is 0. The number of rotatable bonds is 4. The Morgan fingerprint density at radius 1 is 0.718 bits per heavy atom. The zero-order valence-electron chi connectivity index (χ0n) is 22.1. The van der Waals surface area contributed by atoms with Gasteiger partial charge in [-0.3, -0.25) is 9.97 Å². The normalized spacial score (nSPS) is 14.4. The highest BCUT2D eigenvalue weighted by Crippen LogP contribution is 2.34. The maximum atomic E-state index is 5.02. The Morgan fingerprint density at radius 3 is 2.49 bits per heavy atom. The quantitative estimate of drug-likeness (QED) is 0.301. The van der Waals surface area contributed by atoms with Gasteiger partial charge >= 0.3 is 0 Å². The first kappa shape index (κ1) is 23.5. The molecule has 7 rings (SSSR count). The first-order chi connectivity index (χ1) is 19.1. The minimum atomic E-state index is 0.811. The molecule has 1 fully saturated rings. The molecule has 6 aromatic rings. The summed E-state index contributed by atoms with van der Waals surface area (Å²) in [6, 6.07) is 23.4. The van der Waals surface area contributed by atoms with Crippen molar-refractivity contribution in [2.75, 3.05) is 38.1 Å². The van der Waals surface area contributed by atoms with E-state index in [0.717, 1.165) is 81.9 Å². The minimum Gasteiger partial charge on any atom is -0.369 e. The fourth-order valence-corrected chi connectivity index (χ4v) is 5.50. The van der Waals surface area contributed by atoms with Crippen LogP contribution in [0.1, 0.15) is 5.69 Å². The van der Waals surface area contributed by atoms with Gasteiger partial charge in [-0.2, -0.15) is 5.10 Å². The summed E-state index contributed by atoms with van der Waals surface area (Å²) in [5, 5.41) is 6.14. The van der Waals surface area contributed by atoms with Crippen LogP contribution >= 0.6 is 0 Å². The van der Waals surface area contributed by atoms with Crippen LogP contribution in [0.3, 0.4) is 0 Å². The maximum absolute atomic E-state index is 5.02. The maximum Gasteiger partial charge on any atom is 0.154 e. The first-order valence-electron chi connectivity index (χ1n) is 13.3. The van der Waals surface area contributed by atoms with Gasteiger partial charge in [0, 0.05) is 67.0 Å². The van der Waals surface area contributed by atoms with E-state index in [1.807, 2.05) is 41.4 Å². The Labute approximate surface area is 227 Å². The van der Waals surface area contributed by atoms with E-state index in [1.165, 1.54) is 5.69 Å². The number of likely N-dealkylation sites (N-methyl/N-ethyl adjacent to an activating group) is 1. The molecule has 4 aromatic heterocycles. The van der Waals surface area contributed by atoms with Crippen molar-refractivity contribution in [2.24, 2.45) is 0 Å². The summed E-state index contributed by atoms with van der Waals surface area (Å²) in [5.41, 5.74) is 10.3. The summed E-state index contributed by atoms with van der Waals surface area (Å²) in [6.07, 6.45) is 7.45. The lowest BCUT2D eigenvalue weighted by Crippen LogP contribution is -2.44. The van der Waals surface area contributed by atoms with Crippen molar-refractivity contribution >= 4 is 22.2 Å². The third kappa shape index (κ3) is 4.30. The molecule has 1 aliphatic heterocycles. The summed E-state index contributed by atoms with van der Waals surface area (Å²) in [6.45, 7) is 6.32. The summed E-state index contributed by atoms with van der Waals surface area (Å²) in [7, 11) is 2.18. The second kappa shape index (κ2) is 9.60. The van der Waals surface area contributed by atoms with E-state index in [-0.39, 0.29) is 0 Å². The number of hydrogen-bond acceptors (Lipinski definition) is 6. The van der Waals surface area contributed by atoms with Crippen LogP contribution < -0.4 is 4.90 Å². The van der Waals surface area contributed by atoms with Gasteiger partial charge in [0.1, 0.15) is 0 Å². The Kier molecular flexibility index (Phi) is 5.78. The number of aryl methyl sites for hydroxylation is 1. The van der Waals surface area contributed by atoms with E-state index >= 15 is 0 Å². The Bertz CT molecular complexity index is 1820. The highest BCUT2D eigenvalue weighted by Gasteiger charge is 2.18. The fourth-order valence-electron chi connectivity index (χ4n) is 5.50. The largest absolute Gasteiger partial charge is 0.369 e. The van der Waals surface area contributed by atoms with Crippen LogP contribution in [0.5, 0.6) is 0 Å². The van der Waals surface area contributed by atoms with E-state index in [9.17, 15) is 0 Å². The van der Waals surface area contributed by atoms with Crippen LogP contribution in [-0.2, 0) is 0 Å². The summed E-state index contributed by atoms with van der Waals surface area (Å²) in [5.74, 6) is 0. The molecule has 39 heavy (non-hydrogen) atoms. The molecule has 5 heterocycles. The van der Waals surface area contributed by atoms with Gasteiger partial charge in [0.15, 0.2) is 5.65 Å². The van der Waals surface area contributed by atoms with Crippen LogP contribution in [0.2, 0.25) is 0 Å². The molecule has 0 amide bonds. The lowest BCUT2D eigenvalue weighted by atomic mass is 9.99. The molecule has 0 saturated carbocycles. The number of benzene rings is 2. The molecule has 0 N–H and O–H groups in total. The SMILES string of the molecule is Cc1nn2c(-c3cnccc3-c3ccc4cccnc4c3)cnc2cc1-c1cccc(N2CCN(C)CC2)c1. The molecule has 0 unspecified atom stereocenters. The number of fused-ring (bicyclic) bond motifs is 2. The van der Waals surface area contributed by atoms with Gasteiger partial charge in [-0.25, -0.2) is 9.50 Å². The highest BCUT2D eigenvalue weighted by atomic mass is 15.3. The fraction of sp³-hybridized carbons (Fsp3) is 0.188. The predicted octanol–water partition coefficient (Wildman–Crippen LogP) is 5.73. The van der Waals surface area contributed by atoms with E-state index < -0.39 is 0 Å². The van der Waals surface area contributed by atoms with Gasteiger partial charge in [0.05, 0.1) is 23.1 Å². The smallest absolute Gasteiger partial charge is 0.154 e. The summed E-state index contributed by atoms with van der Waals surface area (Å²) in [4.78, 5) is 18.6. The average molecular weight is 512 g/mol. The van der Waals surface area contributed by atoms with Crippen molar-refractivity contribution in [3.8, 4) is 33.5 Å². The topological polar surface area (TPSA) is 62.5 Å². The Morgan fingerprint density at radius 2 is 1.59 bits per heavy atom. The van der Waals surface area contributed by atoms with Crippen molar-refractivity contribution in [3.05, 3.63) is 97.2 Å². The number of piperazine rings is 1. The molecule has 0 aliphatic carbocycles. The average Bonchev–Trinajstić information content (AvgIpc) is 3.39. The molecular formula is C32H29N7. The summed E-state index contributed by atoms with van der Waals surface area (Å²) >= 11 is 0. The number of anilines is 1. The van der Waals surface area contributed by atoms with Crippen LogP contribution in [0.25, 0.3) is 50.1 Å². The molecule has 1 aliphatic rings. The van der Waals surface area contributed by atoms with Crippen molar-refractivity contribution < 1.29 is 0 Å². The number of pyridine rings is 2. The van der Waals surface area contributed by atoms with E-state index in [1.54, 1.807) is 0 Å². The van der Waals surface area contributed by atoms with Crippen LogP contribution in [0.15, 0.2) is 91.5 Å². The number of nitrogens with zero attached hydrogens (tertiary/aromatic N) is 7. The molecule has 0 bridgehead atoms. The second-order valence-electron chi connectivity index (χ2n) is 10.2. The third-order valence-electron chi connectivity index (χ3n) is 7.72. The monoisotopic (exact) mass is 511 g/mol. The zero-order valence-corrected chi connectivity index (χ0v) is 22.1. The molecule has 0 spiro atoms. The van der Waals surface area contributed by atoms with Gasteiger partial charge in [0.2, 0.25) is 0 Å². The van der Waals surface area contributed by atoms with Crippen molar-refractivity contribution in [1.82, 2.24) is 29.5 Å².